The van der Waals surface area contributed by atoms with Crippen molar-refractivity contribution in [2.24, 2.45) is 0 Å². The van der Waals surface area contributed by atoms with Gasteiger partial charge in [-0.25, -0.2) is 0 Å². The van der Waals surface area contributed by atoms with Crippen molar-refractivity contribution >= 4 is 0 Å². The molecule has 2 N–H and O–H groups in total. The maximum Gasteiger partial charge on any atom is 0.0939 e. The molecule has 0 fully saturated rings. The molecule has 1 heterocycles. The Bertz CT molecular complexity index is 775. The lowest BCUT2D eigenvalue weighted by atomic mass is 9.98. The summed E-state index contributed by atoms with van der Waals surface area (Å²) in [6, 6.07) is 19.9. The van der Waals surface area contributed by atoms with E-state index in [1.807, 2.05) is 48.5 Å². The van der Waals surface area contributed by atoms with Gasteiger partial charge in [0.05, 0.1) is 13.2 Å². The highest BCUT2D eigenvalue weighted by Gasteiger charge is 2.05. The highest BCUT2D eigenvalue weighted by atomic mass is 16.6. The molecule has 3 rings (SSSR count). The Morgan fingerprint density at radius 2 is 1.75 bits per heavy atom. The average Bonchev–Trinajstić information content (AvgIpc) is 2.66. The minimum absolute atomic E-state index is 0.0417. The second kappa shape index (κ2) is 8.36. The van der Waals surface area contributed by atoms with Crippen LogP contribution in [0.2, 0.25) is 0 Å². The summed E-state index contributed by atoms with van der Waals surface area (Å²) in [6.07, 6.45) is 3.53. The molecule has 0 saturated carbocycles. The van der Waals surface area contributed by atoms with Crippen LogP contribution in [0.25, 0.3) is 11.1 Å². The molecule has 0 spiro atoms. The number of aliphatic hydroxyl groups is 1. The number of benzene rings is 2. The number of hydrogen-bond donors (Lipinski definition) is 2. The van der Waals surface area contributed by atoms with Crippen molar-refractivity contribution in [3.8, 4) is 11.1 Å². The molecule has 0 saturated heterocycles. The number of hydrogen-bond acceptors (Lipinski definition) is 4. The zero-order valence-electron chi connectivity index (χ0n) is 13.4. The van der Waals surface area contributed by atoms with Crippen molar-refractivity contribution in [2.75, 3.05) is 0 Å². The fourth-order valence-corrected chi connectivity index (χ4v) is 2.53. The summed E-state index contributed by atoms with van der Waals surface area (Å²) in [5.74, 6) is 0. The number of nitrogens with one attached hydrogen (secondary N) is 1. The first-order valence-corrected chi connectivity index (χ1v) is 7.88. The maximum absolute atomic E-state index is 9.32. The van der Waals surface area contributed by atoms with Crippen LogP contribution in [0.1, 0.15) is 16.7 Å². The van der Waals surface area contributed by atoms with Gasteiger partial charge in [-0.3, -0.25) is 9.82 Å². The molecule has 0 amide bonds. The van der Waals surface area contributed by atoms with E-state index >= 15 is 0 Å². The van der Waals surface area contributed by atoms with Crippen LogP contribution in [0.4, 0.5) is 0 Å². The van der Waals surface area contributed by atoms with E-state index in [1.54, 1.807) is 12.4 Å². The Morgan fingerprint density at radius 1 is 0.917 bits per heavy atom. The van der Waals surface area contributed by atoms with E-state index in [0.717, 1.165) is 27.8 Å². The van der Waals surface area contributed by atoms with E-state index < -0.39 is 0 Å². The van der Waals surface area contributed by atoms with Crippen LogP contribution < -0.4 is 5.48 Å². The third kappa shape index (κ3) is 4.26. The molecule has 4 heteroatoms. The van der Waals surface area contributed by atoms with Gasteiger partial charge in [-0.15, -0.1) is 0 Å². The van der Waals surface area contributed by atoms with Crippen LogP contribution >= 0.6 is 0 Å². The lowest BCUT2D eigenvalue weighted by Crippen LogP contribution is -2.14. The molecule has 0 aliphatic heterocycles. The summed E-state index contributed by atoms with van der Waals surface area (Å²) < 4.78 is 0. The van der Waals surface area contributed by atoms with Gasteiger partial charge in [0.25, 0.3) is 0 Å². The summed E-state index contributed by atoms with van der Waals surface area (Å²) >= 11 is 0. The fourth-order valence-electron chi connectivity index (χ4n) is 2.53. The van der Waals surface area contributed by atoms with Crippen LogP contribution in [0.15, 0.2) is 73.1 Å². The molecule has 24 heavy (non-hydrogen) atoms. The summed E-state index contributed by atoms with van der Waals surface area (Å²) in [4.78, 5) is 9.62. The van der Waals surface area contributed by atoms with Crippen molar-refractivity contribution in [3.05, 3.63) is 89.7 Å². The van der Waals surface area contributed by atoms with Gasteiger partial charge in [0.1, 0.15) is 0 Å². The molecule has 0 atom stereocenters. The number of rotatable bonds is 7. The zero-order chi connectivity index (χ0) is 16.6. The summed E-state index contributed by atoms with van der Waals surface area (Å²) in [6.45, 7) is 1.13. The Kier molecular flexibility index (Phi) is 5.69. The van der Waals surface area contributed by atoms with Gasteiger partial charge < -0.3 is 5.11 Å². The van der Waals surface area contributed by atoms with E-state index in [9.17, 15) is 5.11 Å². The minimum atomic E-state index is 0.0417. The standard InChI is InChI=1S/C20H20N2O2/c23-14-17-4-3-6-18(12-17)20-7-2-1-5-19(20)15-24-22-13-16-8-10-21-11-9-16/h1-12,22-23H,13-15H2. The lowest BCUT2D eigenvalue weighted by Gasteiger charge is -2.11. The summed E-state index contributed by atoms with van der Waals surface area (Å²) in [7, 11) is 0. The third-order valence-corrected chi connectivity index (χ3v) is 3.79. The van der Waals surface area contributed by atoms with Crippen LogP contribution in [-0.2, 0) is 24.6 Å². The lowest BCUT2D eigenvalue weighted by molar-refractivity contribution is 0.0237. The number of aromatic nitrogens is 1. The number of pyridine rings is 1. The van der Waals surface area contributed by atoms with E-state index in [-0.39, 0.29) is 6.61 Å². The molecule has 0 unspecified atom stereocenters. The first kappa shape index (κ1) is 16.3. The van der Waals surface area contributed by atoms with Crippen molar-refractivity contribution in [1.82, 2.24) is 10.5 Å². The minimum Gasteiger partial charge on any atom is -0.392 e. The van der Waals surface area contributed by atoms with Crippen LogP contribution in [0.5, 0.6) is 0 Å². The van der Waals surface area contributed by atoms with E-state index in [0.29, 0.717) is 13.2 Å². The zero-order valence-corrected chi connectivity index (χ0v) is 13.4. The maximum atomic E-state index is 9.32. The monoisotopic (exact) mass is 320 g/mol. The molecular weight excluding hydrogens is 300 g/mol. The number of aliphatic hydroxyl groups excluding tert-OH is 1. The Morgan fingerprint density at radius 3 is 2.58 bits per heavy atom. The van der Waals surface area contributed by atoms with E-state index in [2.05, 4.69) is 22.6 Å². The predicted octanol–water partition coefficient (Wildman–Crippen LogP) is 3.46. The highest BCUT2D eigenvalue weighted by molar-refractivity contribution is 5.67. The molecular formula is C20H20N2O2. The number of hydroxylamine groups is 1. The first-order valence-electron chi connectivity index (χ1n) is 7.88. The van der Waals surface area contributed by atoms with E-state index in [1.165, 1.54) is 0 Å². The normalized spacial score (nSPS) is 10.7. The second-order valence-electron chi connectivity index (χ2n) is 5.48. The van der Waals surface area contributed by atoms with Crippen molar-refractivity contribution < 1.29 is 9.94 Å². The molecule has 0 aliphatic rings. The van der Waals surface area contributed by atoms with Crippen LogP contribution in [0, 0.1) is 0 Å². The Balaban J connectivity index is 1.66. The first-order chi connectivity index (χ1) is 11.9. The molecule has 3 aromatic rings. The molecule has 0 bridgehead atoms. The van der Waals surface area contributed by atoms with Gasteiger partial charge in [0.2, 0.25) is 0 Å². The summed E-state index contributed by atoms with van der Waals surface area (Å²) in [5.41, 5.74) is 8.29. The third-order valence-electron chi connectivity index (χ3n) is 3.79. The average molecular weight is 320 g/mol. The molecule has 1 aromatic heterocycles. The van der Waals surface area contributed by atoms with Gasteiger partial charge in [0.15, 0.2) is 0 Å². The smallest absolute Gasteiger partial charge is 0.0939 e. The molecule has 122 valence electrons. The molecule has 2 aromatic carbocycles. The topological polar surface area (TPSA) is 54.4 Å². The van der Waals surface area contributed by atoms with Crippen LogP contribution in [-0.4, -0.2) is 10.1 Å². The Hall–Kier alpha value is -2.53. The van der Waals surface area contributed by atoms with Crippen molar-refractivity contribution in [2.45, 2.75) is 19.8 Å². The SMILES string of the molecule is OCc1cccc(-c2ccccc2CONCc2ccncc2)c1. The van der Waals surface area contributed by atoms with Gasteiger partial charge in [-0.2, -0.15) is 5.48 Å². The number of nitrogens with zero attached hydrogens (tertiary/aromatic N) is 1. The van der Waals surface area contributed by atoms with E-state index in [4.69, 9.17) is 4.84 Å². The molecule has 4 nitrogen and oxygen atoms in total. The highest BCUT2D eigenvalue weighted by Crippen LogP contribution is 2.25. The van der Waals surface area contributed by atoms with Crippen LogP contribution in [0.3, 0.4) is 0 Å². The van der Waals surface area contributed by atoms with Crippen molar-refractivity contribution in [1.29, 1.82) is 0 Å². The molecule has 0 aliphatic carbocycles. The second-order valence-corrected chi connectivity index (χ2v) is 5.48. The quantitative estimate of drug-likeness (QED) is 0.517. The predicted molar refractivity (Wildman–Crippen MR) is 93.7 cm³/mol. The summed E-state index contributed by atoms with van der Waals surface area (Å²) in [5, 5.41) is 9.32. The van der Waals surface area contributed by atoms with Gasteiger partial charge in [0, 0.05) is 18.9 Å². The Labute approximate surface area is 141 Å². The largest absolute Gasteiger partial charge is 0.392 e. The van der Waals surface area contributed by atoms with Gasteiger partial charge in [-0.1, -0.05) is 42.5 Å². The van der Waals surface area contributed by atoms with Gasteiger partial charge in [-0.05, 0) is 46.0 Å². The molecule has 0 radical (unpaired) electrons. The van der Waals surface area contributed by atoms with Gasteiger partial charge >= 0.3 is 0 Å². The fraction of sp³-hybridized carbons (Fsp3) is 0.150. The van der Waals surface area contributed by atoms with Crippen molar-refractivity contribution in [3.63, 3.8) is 0 Å².